The number of amides is 2. The number of anilines is 1. The van der Waals surface area contributed by atoms with Crippen molar-refractivity contribution in [1.29, 1.82) is 0 Å². The number of hydrogen-bond donors (Lipinski definition) is 1. The Morgan fingerprint density at radius 2 is 2.08 bits per heavy atom. The molecule has 0 fully saturated rings. The molecular weight excluding hydrogens is 335 g/mol. The maximum Gasteiger partial charge on any atom is 0.257 e. The number of carbonyl (C=O) groups excluding carboxylic acids is 2. The standard InChI is InChI=1S/C17H14ClFN2O3/c1-21-6-7-24-15-5-3-11(9-13(15)17(21)23)20-16(22)12-4-2-10(19)8-14(12)18/h2-5,8-9H,6-7H2,1H3,(H,20,22). The number of hydrogen-bond acceptors (Lipinski definition) is 3. The van der Waals surface area contributed by atoms with E-state index in [-0.39, 0.29) is 16.5 Å². The summed E-state index contributed by atoms with van der Waals surface area (Å²) in [5.74, 6) is -0.719. The van der Waals surface area contributed by atoms with Gasteiger partial charge in [0, 0.05) is 12.7 Å². The minimum Gasteiger partial charge on any atom is -0.491 e. The Hall–Kier alpha value is -2.60. The van der Waals surface area contributed by atoms with Gasteiger partial charge >= 0.3 is 0 Å². The zero-order valence-electron chi connectivity index (χ0n) is 12.8. The second-order valence-electron chi connectivity index (χ2n) is 5.36. The summed E-state index contributed by atoms with van der Waals surface area (Å²) in [6, 6.07) is 8.35. The van der Waals surface area contributed by atoms with Crippen molar-refractivity contribution in [2.24, 2.45) is 0 Å². The molecule has 2 amide bonds. The van der Waals surface area contributed by atoms with Crippen molar-refractivity contribution in [3.8, 4) is 5.75 Å². The molecule has 0 saturated heterocycles. The maximum atomic E-state index is 13.1. The van der Waals surface area contributed by atoms with Crippen molar-refractivity contribution < 1.29 is 18.7 Å². The number of benzene rings is 2. The number of nitrogens with zero attached hydrogens (tertiary/aromatic N) is 1. The molecule has 0 atom stereocenters. The minimum absolute atomic E-state index is 0.0152. The highest BCUT2D eigenvalue weighted by Crippen LogP contribution is 2.27. The molecule has 0 aliphatic carbocycles. The second kappa shape index (κ2) is 6.49. The number of nitrogens with one attached hydrogen (secondary N) is 1. The predicted molar refractivity (Wildman–Crippen MR) is 88.3 cm³/mol. The van der Waals surface area contributed by atoms with Gasteiger partial charge in [-0.3, -0.25) is 9.59 Å². The van der Waals surface area contributed by atoms with Gasteiger partial charge in [-0.25, -0.2) is 4.39 Å². The molecule has 1 aliphatic heterocycles. The van der Waals surface area contributed by atoms with E-state index in [2.05, 4.69) is 5.32 Å². The molecule has 0 aromatic heterocycles. The molecule has 0 saturated carbocycles. The maximum absolute atomic E-state index is 13.1. The lowest BCUT2D eigenvalue weighted by atomic mass is 10.1. The van der Waals surface area contributed by atoms with Crippen molar-refractivity contribution in [1.82, 2.24) is 4.90 Å². The van der Waals surface area contributed by atoms with Crippen LogP contribution >= 0.6 is 11.6 Å². The van der Waals surface area contributed by atoms with E-state index in [0.29, 0.717) is 30.2 Å². The Kier molecular flexibility index (Phi) is 4.40. The van der Waals surface area contributed by atoms with Crippen LogP contribution in [-0.2, 0) is 0 Å². The summed E-state index contributed by atoms with van der Waals surface area (Å²) in [6.07, 6.45) is 0. The predicted octanol–water partition coefficient (Wildman–Crippen LogP) is 3.20. The highest BCUT2D eigenvalue weighted by Gasteiger charge is 2.21. The van der Waals surface area contributed by atoms with Gasteiger partial charge in [-0.15, -0.1) is 0 Å². The Labute approximate surface area is 143 Å². The molecule has 3 rings (SSSR count). The van der Waals surface area contributed by atoms with Gasteiger partial charge in [-0.1, -0.05) is 11.6 Å². The lowest BCUT2D eigenvalue weighted by Crippen LogP contribution is -2.27. The molecule has 124 valence electrons. The summed E-state index contributed by atoms with van der Waals surface area (Å²) >= 11 is 5.89. The van der Waals surface area contributed by atoms with Gasteiger partial charge in [-0.2, -0.15) is 0 Å². The smallest absolute Gasteiger partial charge is 0.257 e. The van der Waals surface area contributed by atoms with E-state index in [0.717, 1.165) is 12.1 Å². The van der Waals surface area contributed by atoms with E-state index in [1.54, 1.807) is 30.1 Å². The monoisotopic (exact) mass is 348 g/mol. The third-order valence-corrected chi connectivity index (χ3v) is 3.99. The van der Waals surface area contributed by atoms with E-state index in [1.165, 1.54) is 6.07 Å². The van der Waals surface area contributed by atoms with Gasteiger partial charge in [0.05, 0.1) is 22.7 Å². The van der Waals surface area contributed by atoms with Crippen LogP contribution in [0.25, 0.3) is 0 Å². The SMILES string of the molecule is CN1CCOc2ccc(NC(=O)c3ccc(F)cc3Cl)cc2C1=O. The van der Waals surface area contributed by atoms with E-state index >= 15 is 0 Å². The molecule has 0 spiro atoms. The zero-order valence-corrected chi connectivity index (χ0v) is 13.6. The summed E-state index contributed by atoms with van der Waals surface area (Å²) in [5.41, 5.74) is 0.942. The van der Waals surface area contributed by atoms with Crippen LogP contribution in [0.4, 0.5) is 10.1 Å². The van der Waals surface area contributed by atoms with Crippen LogP contribution in [0.2, 0.25) is 5.02 Å². The lowest BCUT2D eigenvalue weighted by molar-refractivity contribution is 0.0796. The fraction of sp³-hybridized carbons (Fsp3) is 0.176. The summed E-state index contributed by atoms with van der Waals surface area (Å²) in [7, 11) is 1.68. The van der Waals surface area contributed by atoms with Crippen molar-refractivity contribution >= 4 is 29.1 Å². The van der Waals surface area contributed by atoms with Crippen LogP contribution in [0.1, 0.15) is 20.7 Å². The van der Waals surface area contributed by atoms with E-state index < -0.39 is 11.7 Å². The first-order chi connectivity index (χ1) is 11.5. The quantitative estimate of drug-likeness (QED) is 0.906. The van der Waals surface area contributed by atoms with Gasteiger partial charge in [-0.05, 0) is 36.4 Å². The molecule has 1 heterocycles. The number of fused-ring (bicyclic) bond motifs is 1. The molecule has 24 heavy (non-hydrogen) atoms. The first-order valence-electron chi connectivity index (χ1n) is 7.24. The first kappa shape index (κ1) is 16.3. The van der Waals surface area contributed by atoms with Crippen LogP contribution < -0.4 is 10.1 Å². The Balaban J connectivity index is 1.87. The molecule has 2 aromatic carbocycles. The van der Waals surface area contributed by atoms with E-state index in [9.17, 15) is 14.0 Å². The van der Waals surface area contributed by atoms with Crippen LogP contribution in [0, 0.1) is 5.82 Å². The van der Waals surface area contributed by atoms with Crippen LogP contribution in [0.15, 0.2) is 36.4 Å². The fourth-order valence-corrected chi connectivity index (χ4v) is 2.63. The number of likely N-dealkylation sites (N-methyl/N-ethyl adjacent to an activating group) is 1. The molecule has 7 heteroatoms. The summed E-state index contributed by atoms with van der Waals surface area (Å²) in [4.78, 5) is 26.1. The average Bonchev–Trinajstić information content (AvgIpc) is 2.67. The van der Waals surface area contributed by atoms with E-state index in [4.69, 9.17) is 16.3 Å². The number of ether oxygens (including phenoxy) is 1. The van der Waals surface area contributed by atoms with Crippen molar-refractivity contribution in [3.63, 3.8) is 0 Å². The highest BCUT2D eigenvalue weighted by molar-refractivity contribution is 6.34. The molecule has 1 N–H and O–H groups in total. The van der Waals surface area contributed by atoms with Crippen LogP contribution in [0.5, 0.6) is 5.75 Å². The molecule has 0 bridgehead atoms. The van der Waals surface area contributed by atoms with Crippen molar-refractivity contribution in [2.75, 3.05) is 25.5 Å². The van der Waals surface area contributed by atoms with Gasteiger partial charge in [0.15, 0.2) is 0 Å². The van der Waals surface area contributed by atoms with Crippen LogP contribution in [0.3, 0.4) is 0 Å². The summed E-state index contributed by atoms with van der Waals surface area (Å²) in [6.45, 7) is 0.895. The summed E-state index contributed by atoms with van der Waals surface area (Å²) < 4.78 is 18.6. The minimum atomic E-state index is -0.521. The molecular formula is C17H14ClFN2O3. The number of halogens is 2. The molecule has 0 radical (unpaired) electrons. The second-order valence-corrected chi connectivity index (χ2v) is 5.77. The van der Waals surface area contributed by atoms with E-state index in [1.807, 2.05) is 0 Å². The molecule has 5 nitrogen and oxygen atoms in total. The largest absolute Gasteiger partial charge is 0.491 e. The van der Waals surface area contributed by atoms with Gasteiger partial charge in [0.1, 0.15) is 18.2 Å². The summed E-state index contributed by atoms with van der Waals surface area (Å²) in [5, 5.41) is 2.67. The highest BCUT2D eigenvalue weighted by atomic mass is 35.5. The third-order valence-electron chi connectivity index (χ3n) is 3.67. The van der Waals surface area contributed by atoms with Crippen molar-refractivity contribution in [2.45, 2.75) is 0 Å². The van der Waals surface area contributed by atoms with Gasteiger partial charge in [0.2, 0.25) is 0 Å². The number of rotatable bonds is 2. The Morgan fingerprint density at radius 3 is 2.83 bits per heavy atom. The third kappa shape index (κ3) is 3.19. The zero-order chi connectivity index (χ0) is 17.3. The average molecular weight is 349 g/mol. The molecule has 1 aliphatic rings. The van der Waals surface area contributed by atoms with Crippen molar-refractivity contribution in [3.05, 3.63) is 58.4 Å². The lowest BCUT2D eigenvalue weighted by Gasteiger charge is -2.13. The first-order valence-corrected chi connectivity index (χ1v) is 7.62. The Morgan fingerprint density at radius 1 is 1.29 bits per heavy atom. The molecule has 2 aromatic rings. The normalized spacial score (nSPS) is 13.8. The fourth-order valence-electron chi connectivity index (χ4n) is 2.37. The molecule has 0 unspecified atom stereocenters. The van der Waals surface area contributed by atoms with Crippen LogP contribution in [-0.4, -0.2) is 36.9 Å². The topological polar surface area (TPSA) is 58.6 Å². The van der Waals surface area contributed by atoms with Gasteiger partial charge < -0.3 is 15.0 Å². The number of carbonyl (C=O) groups is 2. The Bertz CT molecular complexity index is 825. The van der Waals surface area contributed by atoms with Gasteiger partial charge in [0.25, 0.3) is 11.8 Å².